The lowest BCUT2D eigenvalue weighted by Crippen LogP contribution is -2.34. The van der Waals surface area contributed by atoms with E-state index in [0.29, 0.717) is 18.0 Å². The summed E-state index contributed by atoms with van der Waals surface area (Å²) in [6, 6.07) is 18.3. The smallest absolute Gasteiger partial charge is 0.251 e. The number of rotatable bonds is 6. The van der Waals surface area contributed by atoms with Gasteiger partial charge in [0.15, 0.2) is 0 Å². The van der Waals surface area contributed by atoms with Crippen LogP contribution in [0.2, 0.25) is 0 Å². The molecule has 0 aliphatic rings. The van der Waals surface area contributed by atoms with Gasteiger partial charge in [-0.1, -0.05) is 56.3 Å². The summed E-state index contributed by atoms with van der Waals surface area (Å²) < 4.78 is 0. The third-order valence-corrected chi connectivity index (χ3v) is 4.10. The van der Waals surface area contributed by atoms with E-state index in [1.807, 2.05) is 56.6 Å². The van der Waals surface area contributed by atoms with E-state index in [2.05, 4.69) is 36.2 Å². The van der Waals surface area contributed by atoms with E-state index in [0.717, 1.165) is 0 Å². The average Bonchev–Trinajstić information content (AvgIpc) is 2.55. The van der Waals surface area contributed by atoms with Gasteiger partial charge in [0.25, 0.3) is 5.91 Å². The van der Waals surface area contributed by atoms with Crippen LogP contribution in [0.15, 0.2) is 54.6 Å². The molecule has 0 spiro atoms. The van der Waals surface area contributed by atoms with Crippen LogP contribution in [0.5, 0.6) is 0 Å². The highest BCUT2D eigenvalue weighted by Crippen LogP contribution is 2.17. The molecule has 0 aliphatic heterocycles. The number of hydrogen-bond acceptors (Lipinski definition) is 2. The van der Waals surface area contributed by atoms with Crippen molar-refractivity contribution in [1.82, 2.24) is 10.2 Å². The van der Waals surface area contributed by atoms with Crippen LogP contribution in [0.4, 0.5) is 0 Å². The molecule has 23 heavy (non-hydrogen) atoms. The van der Waals surface area contributed by atoms with Gasteiger partial charge < -0.3 is 10.2 Å². The molecule has 1 amide bonds. The Kier molecular flexibility index (Phi) is 5.94. The fourth-order valence-corrected chi connectivity index (χ4v) is 2.58. The Hall–Kier alpha value is -2.13. The van der Waals surface area contributed by atoms with Crippen LogP contribution in [0.1, 0.15) is 47.3 Å². The number of nitrogens with one attached hydrogen (secondary N) is 1. The highest BCUT2D eigenvalue weighted by molar-refractivity contribution is 5.94. The maximum Gasteiger partial charge on any atom is 0.251 e. The number of carbonyl (C=O) groups is 1. The van der Waals surface area contributed by atoms with Crippen LogP contribution >= 0.6 is 0 Å². The Balaban J connectivity index is 2.01. The van der Waals surface area contributed by atoms with E-state index < -0.39 is 0 Å². The lowest BCUT2D eigenvalue weighted by molar-refractivity contribution is 0.0942. The minimum Gasteiger partial charge on any atom is -0.350 e. The van der Waals surface area contributed by atoms with Crippen molar-refractivity contribution in [1.29, 1.82) is 0 Å². The van der Waals surface area contributed by atoms with Gasteiger partial charge >= 0.3 is 0 Å². The largest absolute Gasteiger partial charge is 0.350 e. The summed E-state index contributed by atoms with van der Waals surface area (Å²) in [6.45, 7) is 4.88. The number of carbonyl (C=O) groups excluding carboxylic acids is 1. The lowest BCUT2D eigenvalue weighted by Gasteiger charge is -2.25. The summed E-state index contributed by atoms with van der Waals surface area (Å²) in [5, 5.41) is 3.05. The molecule has 0 radical (unpaired) electrons. The van der Waals surface area contributed by atoms with Crippen LogP contribution in [-0.4, -0.2) is 31.4 Å². The zero-order valence-corrected chi connectivity index (χ0v) is 14.4. The molecule has 0 heterocycles. The highest BCUT2D eigenvalue weighted by atomic mass is 16.1. The Morgan fingerprint density at radius 1 is 0.957 bits per heavy atom. The van der Waals surface area contributed by atoms with E-state index in [4.69, 9.17) is 0 Å². The summed E-state index contributed by atoms with van der Waals surface area (Å²) in [5.41, 5.74) is 3.16. The second-order valence-electron chi connectivity index (χ2n) is 6.38. The van der Waals surface area contributed by atoms with Gasteiger partial charge in [0, 0.05) is 12.1 Å². The number of hydrogen-bond donors (Lipinski definition) is 1. The van der Waals surface area contributed by atoms with Gasteiger partial charge in [0.1, 0.15) is 0 Å². The standard InChI is InChI=1S/C20H26N2O/c1-15(2)16-10-12-18(13-11-16)20(23)21-14-19(22(3)4)17-8-6-5-7-9-17/h5-13,15,19H,14H2,1-4H3,(H,21,23). The minimum atomic E-state index is -0.0249. The minimum absolute atomic E-state index is 0.0249. The van der Waals surface area contributed by atoms with Crippen molar-refractivity contribution in [2.45, 2.75) is 25.8 Å². The van der Waals surface area contributed by atoms with Crippen molar-refractivity contribution in [3.8, 4) is 0 Å². The summed E-state index contributed by atoms with van der Waals surface area (Å²) in [4.78, 5) is 14.5. The van der Waals surface area contributed by atoms with Crippen molar-refractivity contribution in [2.75, 3.05) is 20.6 Å². The molecule has 122 valence electrons. The Morgan fingerprint density at radius 3 is 2.09 bits per heavy atom. The van der Waals surface area contributed by atoms with E-state index in [1.165, 1.54) is 11.1 Å². The first-order chi connectivity index (χ1) is 11.0. The van der Waals surface area contributed by atoms with Gasteiger partial charge in [0.2, 0.25) is 0 Å². The van der Waals surface area contributed by atoms with Gasteiger partial charge in [-0.15, -0.1) is 0 Å². The van der Waals surface area contributed by atoms with Crippen molar-refractivity contribution < 1.29 is 4.79 Å². The molecule has 1 unspecified atom stereocenters. The maximum absolute atomic E-state index is 12.4. The molecule has 3 heteroatoms. The Labute approximate surface area is 139 Å². The van der Waals surface area contributed by atoms with Gasteiger partial charge in [0.05, 0.1) is 6.04 Å². The molecule has 1 N–H and O–H groups in total. The molecule has 1 atom stereocenters. The first-order valence-electron chi connectivity index (χ1n) is 8.08. The number of amides is 1. The number of benzene rings is 2. The lowest BCUT2D eigenvalue weighted by atomic mass is 10.0. The fourth-order valence-electron chi connectivity index (χ4n) is 2.58. The number of likely N-dealkylation sites (N-methyl/N-ethyl adjacent to an activating group) is 1. The van der Waals surface area contributed by atoms with Crippen LogP contribution < -0.4 is 5.32 Å². The molecule has 2 rings (SSSR count). The predicted molar refractivity (Wildman–Crippen MR) is 95.7 cm³/mol. The first kappa shape index (κ1) is 17.2. The highest BCUT2D eigenvalue weighted by Gasteiger charge is 2.15. The first-order valence-corrected chi connectivity index (χ1v) is 8.08. The topological polar surface area (TPSA) is 32.3 Å². The van der Waals surface area contributed by atoms with E-state index >= 15 is 0 Å². The van der Waals surface area contributed by atoms with Crippen molar-refractivity contribution >= 4 is 5.91 Å². The fraction of sp³-hybridized carbons (Fsp3) is 0.350. The third kappa shape index (κ3) is 4.67. The zero-order valence-electron chi connectivity index (χ0n) is 14.4. The molecule has 3 nitrogen and oxygen atoms in total. The second-order valence-corrected chi connectivity index (χ2v) is 6.38. The Bertz CT molecular complexity index is 618. The van der Waals surface area contributed by atoms with Gasteiger partial charge in [-0.2, -0.15) is 0 Å². The molecule has 2 aromatic rings. The molecule has 0 bridgehead atoms. The summed E-state index contributed by atoms with van der Waals surface area (Å²) in [6.07, 6.45) is 0. The predicted octanol–water partition coefficient (Wildman–Crippen LogP) is 3.84. The third-order valence-electron chi connectivity index (χ3n) is 4.10. The Morgan fingerprint density at radius 2 is 1.57 bits per heavy atom. The normalized spacial score (nSPS) is 12.4. The summed E-state index contributed by atoms with van der Waals surface area (Å²) >= 11 is 0. The van der Waals surface area contributed by atoms with Gasteiger partial charge in [-0.05, 0) is 43.3 Å². The zero-order chi connectivity index (χ0) is 16.8. The molecule has 0 fully saturated rings. The van der Waals surface area contributed by atoms with Crippen molar-refractivity contribution in [3.63, 3.8) is 0 Å². The summed E-state index contributed by atoms with van der Waals surface area (Å²) in [7, 11) is 4.06. The van der Waals surface area contributed by atoms with Crippen molar-refractivity contribution in [3.05, 3.63) is 71.3 Å². The molecule has 0 aromatic heterocycles. The SMILES string of the molecule is CC(C)c1ccc(C(=O)NCC(c2ccccc2)N(C)C)cc1. The van der Waals surface area contributed by atoms with Crippen molar-refractivity contribution in [2.24, 2.45) is 0 Å². The van der Waals surface area contributed by atoms with Crippen LogP contribution in [-0.2, 0) is 0 Å². The number of nitrogens with zero attached hydrogens (tertiary/aromatic N) is 1. The molecular weight excluding hydrogens is 284 g/mol. The van der Waals surface area contributed by atoms with E-state index in [9.17, 15) is 4.79 Å². The molecule has 0 saturated heterocycles. The maximum atomic E-state index is 12.4. The molecule has 0 saturated carbocycles. The van der Waals surface area contributed by atoms with Gasteiger partial charge in [-0.3, -0.25) is 4.79 Å². The average molecular weight is 310 g/mol. The van der Waals surface area contributed by atoms with E-state index in [1.54, 1.807) is 0 Å². The monoisotopic (exact) mass is 310 g/mol. The van der Waals surface area contributed by atoms with Crippen LogP contribution in [0.25, 0.3) is 0 Å². The molecular formula is C20H26N2O. The quantitative estimate of drug-likeness (QED) is 0.879. The van der Waals surface area contributed by atoms with Crippen LogP contribution in [0.3, 0.4) is 0 Å². The second kappa shape index (κ2) is 7.93. The van der Waals surface area contributed by atoms with E-state index in [-0.39, 0.29) is 11.9 Å². The molecule has 2 aromatic carbocycles. The summed E-state index contributed by atoms with van der Waals surface area (Å²) in [5.74, 6) is 0.450. The van der Waals surface area contributed by atoms with Crippen LogP contribution in [0, 0.1) is 0 Å². The van der Waals surface area contributed by atoms with Gasteiger partial charge in [-0.25, -0.2) is 0 Å². The molecule has 0 aliphatic carbocycles.